The van der Waals surface area contributed by atoms with Crippen LogP contribution < -0.4 is 11.1 Å². The summed E-state index contributed by atoms with van der Waals surface area (Å²) in [5.74, 6) is 0.308. The minimum absolute atomic E-state index is 0. The lowest BCUT2D eigenvalue weighted by molar-refractivity contribution is -0.166. The predicted molar refractivity (Wildman–Crippen MR) is 114 cm³/mol. The molecular formula is C19H29Cl2N5O2. The summed E-state index contributed by atoms with van der Waals surface area (Å²) in [5, 5.41) is 7.28. The molecule has 0 radical (unpaired) electrons. The second-order valence-electron chi connectivity index (χ2n) is 7.36. The van der Waals surface area contributed by atoms with Crippen LogP contribution in [0, 0.1) is 5.41 Å². The quantitative estimate of drug-likeness (QED) is 0.705. The average Bonchev–Trinajstić information content (AvgIpc) is 3.08. The number of hydrogen-bond donors (Lipinski definition) is 2. The number of rotatable bonds is 7. The number of pyridine rings is 1. The van der Waals surface area contributed by atoms with E-state index in [0.717, 1.165) is 13.0 Å². The van der Waals surface area contributed by atoms with Gasteiger partial charge in [0.2, 0.25) is 5.91 Å². The molecule has 1 amide bonds. The van der Waals surface area contributed by atoms with Crippen LogP contribution in [0.1, 0.15) is 32.8 Å². The van der Waals surface area contributed by atoms with Crippen molar-refractivity contribution < 1.29 is 9.53 Å². The monoisotopic (exact) mass is 429 g/mol. The summed E-state index contributed by atoms with van der Waals surface area (Å²) in [7, 11) is 0. The molecule has 156 valence electrons. The van der Waals surface area contributed by atoms with Crippen molar-refractivity contribution in [3.63, 3.8) is 0 Å². The minimum atomic E-state index is -0.951. The summed E-state index contributed by atoms with van der Waals surface area (Å²) in [6.07, 6.45) is 6.78. The molecule has 1 fully saturated rings. The van der Waals surface area contributed by atoms with E-state index in [1.54, 1.807) is 18.5 Å². The number of carbonyl (C=O) groups excluding carboxylic acids is 1. The van der Waals surface area contributed by atoms with E-state index in [9.17, 15) is 4.79 Å². The highest BCUT2D eigenvalue weighted by Gasteiger charge is 2.62. The summed E-state index contributed by atoms with van der Waals surface area (Å²) < 4.78 is 7.50. The van der Waals surface area contributed by atoms with Gasteiger partial charge in [-0.25, -0.2) is 0 Å². The summed E-state index contributed by atoms with van der Waals surface area (Å²) in [4.78, 5) is 16.7. The zero-order valence-corrected chi connectivity index (χ0v) is 18.1. The van der Waals surface area contributed by atoms with Gasteiger partial charge in [-0.2, -0.15) is 5.10 Å². The van der Waals surface area contributed by atoms with Crippen LogP contribution in [0.5, 0.6) is 0 Å². The Balaban J connectivity index is 0.00000196. The summed E-state index contributed by atoms with van der Waals surface area (Å²) >= 11 is 0. The Morgan fingerprint density at radius 3 is 2.61 bits per heavy atom. The smallest absolute Gasteiger partial charge is 0.246 e. The Labute approximate surface area is 178 Å². The number of nitrogens with two attached hydrogens (primary N) is 1. The van der Waals surface area contributed by atoms with Gasteiger partial charge in [-0.1, -0.05) is 13.8 Å². The molecule has 2 aromatic heterocycles. The predicted octanol–water partition coefficient (Wildman–Crippen LogP) is 2.84. The lowest BCUT2D eigenvalue weighted by Crippen LogP contribution is -2.74. The van der Waals surface area contributed by atoms with Gasteiger partial charge in [0, 0.05) is 49.6 Å². The normalized spacial score (nSPS) is 22.4. The fourth-order valence-corrected chi connectivity index (χ4v) is 3.39. The van der Waals surface area contributed by atoms with Crippen LogP contribution in [-0.2, 0) is 22.5 Å². The van der Waals surface area contributed by atoms with Gasteiger partial charge in [-0.15, -0.1) is 24.8 Å². The Morgan fingerprint density at radius 1 is 1.32 bits per heavy atom. The first-order valence-electron chi connectivity index (χ1n) is 9.01. The number of carbonyl (C=O) groups is 1. The number of aromatic nitrogens is 3. The molecule has 0 aromatic carbocycles. The van der Waals surface area contributed by atoms with Crippen molar-refractivity contribution in [1.29, 1.82) is 0 Å². The molecule has 0 spiro atoms. The molecule has 7 nitrogen and oxygen atoms in total. The highest BCUT2D eigenvalue weighted by Crippen LogP contribution is 2.50. The lowest BCUT2D eigenvalue weighted by atomic mass is 9.54. The van der Waals surface area contributed by atoms with E-state index < -0.39 is 11.0 Å². The first-order chi connectivity index (χ1) is 12.4. The standard InChI is InChI=1S/C19H27N5O2.2ClH/c1-4-26-15-13-19(20,18(15,2)3)17(25)22-16-8-12-24(23-16)11-7-14-5-9-21-10-6-14;;/h5-6,8-10,12,15H,4,7,11,13,20H2,1-3H3,(H,22,23,25);2*1H. The van der Waals surface area contributed by atoms with Gasteiger partial charge in [-0.05, 0) is 31.0 Å². The zero-order valence-electron chi connectivity index (χ0n) is 16.4. The molecule has 9 heteroatoms. The summed E-state index contributed by atoms with van der Waals surface area (Å²) in [6, 6.07) is 5.76. The Hall–Kier alpha value is -1.67. The molecule has 0 bridgehead atoms. The molecule has 3 N–H and O–H groups in total. The van der Waals surface area contributed by atoms with E-state index in [1.165, 1.54) is 5.56 Å². The maximum absolute atomic E-state index is 12.7. The molecule has 2 atom stereocenters. The first-order valence-corrected chi connectivity index (χ1v) is 9.01. The van der Waals surface area contributed by atoms with Gasteiger partial charge in [0.15, 0.2) is 5.82 Å². The third-order valence-electron chi connectivity index (χ3n) is 5.50. The van der Waals surface area contributed by atoms with Gasteiger partial charge in [0.05, 0.1) is 6.10 Å². The van der Waals surface area contributed by atoms with Gasteiger partial charge in [0.25, 0.3) is 0 Å². The van der Waals surface area contributed by atoms with Crippen molar-refractivity contribution in [3.8, 4) is 0 Å². The number of amides is 1. The van der Waals surface area contributed by atoms with E-state index in [1.807, 2.05) is 43.8 Å². The van der Waals surface area contributed by atoms with Crippen molar-refractivity contribution in [1.82, 2.24) is 14.8 Å². The van der Waals surface area contributed by atoms with Crippen molar-refractivity contribution >= 4 is 36.5 Å². The zero-order chi connectivity index (χ0) is 18.8. The number of aryl methyl sites for hydroxylation is 2. The number of anilines is 1. The van der Waals surface area contributed by atoms with Crippen LogP contribution in [0.3, 0.4) is 0 Å². The second kappa shape index (κ2) is 9.69. The van der Waals surface area contributed by atoms with Gasteiger partial charge >= 0.3 is 0 Å². The van der Waals surface area contributed by atoms with E-state index in [4.69, 9.17) is 10.5 Å². The highest BCUT2D eigenvalue weighted by molar-refractivity contribution is 5.99. The number of nitrogens with zero attached hydrogens (tertiary/aromatic N) is 3. The van der Waals surface area contributed by atoms with Crippen molar-refractivity contribution in [3.05, 3.63) is 42.4 Å². The molecule has 3 rings (SSSR count). The maximum atomic E-state index is 12.7. The van der Waals surface area contributed by atoms with Crippen LogP contribution in [-0.4, -0.2) is 38.9 Å². The highest BCUT2D eigenvalue weighted by atomic mass is 35.5. The van der Waals surface area contributed by atoms with Crippen molar-refractivity contribution in [2.45, 2.75) is 51.8 Å². The van der Waals surface area contributed by atoms with Crippen LogP contribution in [0.25, 0.3) is 0 Å². The summed E-state index contributed by atoms with van der Waals surface area (Å²) in [6.45, 7) is 7.25. The molecule has 1 saturated carbocycles. The number of nitrogens with one attached hydrogen (secondary N) is 1. The topological polar surface area (TPSA) is 95.1 Å². The van der Waals surface area contributed by atoms with Crippen LogP contribution in [0.2, 0.25) is 0 Å². The van der Waals surface area contributed by atoms with Crippen LogP contribution in [0.15, 0.2) is 36.8 Å². The first kappa shape index (κ1) is 24.4. The minimum Gasteiger partial charge on any atom is -0.378 e. The van der Waals surface area contributed by atoms with E-state index in [2.05, 4.69) is 15.4 Å². The molecule has 2 unspecified atom stereocenters. The van der Waals surface area contributed by atoms with Crippen molar-refractivity contribution in [2.75, 3.05) is 11.9 Å². The van der Waals surface area contributed by atoms with E-state index >= 15 is 0 Å². The van der Waals surface area contributed by atoms with Crippen molar-refractivity contribution in [2.24, 2.45) is 11.1 Å². The maximum Gasteiger partial charge on any atom is 0.246 e. The number of ether oxygens (including phenoxy) is 1. The molecular weight excluding hydrogens is 401 g/mol. The molecule has 28 heavy (non-hydrogen) atoms. The average molecular weight is 430 g/mol. The molecule has 2 heterocycles. The molecule has 0 aliphatic heterocycles. The Bertz CT molecular complexity index is 769. The Kier molecular flexibility index (Phi) is 8.44. The van der Waals surface area contributed by atoms with Gasteiger partial charge < -0.3 is 15.8 Å². The third kappa shape index (κ3) is 4.66. The molecule has 0 saturated heterocycles. The third-order valence-corrected chi connectivity index (χ3v) is 5.50. The van der Waals surface area contributed by atoms with Crippen LogP contribution in [0.4, 0.5) is 5.82 Å². The van der Waals surface area contributed by atoms with Gasteiger partial charge in [-0.3, -0.25) is 14.5 Å². The Morgan fingerprint density at radius 2 is 2.00 bits per heavy atom. The fraction of sp³-hybridized carbons (Fsp3) is 0.526. The second-order valence-corrected chi connectivity index (χ2v) is 7.36. The molecule has 2 aromatic rings. The number of hydrogen-bond acceptors (Lipinski definition) is 5. The van der Waals surface area contributed by atoms with Gasteiger partial charge in [0.1, 0.15) is 5.54 Å². The SMILES string of the molecule is CCOC1CC(N)(C(=O)Nc2ccn(CCc3ccncc3)n2)C1(C)C.Cl.Cl. The van der Waals surface area contributed by atoms with E-state index in [0.29, 0.717) is 18.8 Å². The largest absolute Gasteiger partial charge is 0.378 e. The number of halogens is 2. The van der Waals surface area contributed by atoms with Crippen LogP contribution >= 0.6 is 24.8 Å². The fourth-order valence-electron chi connectivity index (χ4n) is 3.39. The van der Waals surface area contributed by atoms with E-state index in [-0.39, 0.29) is 36.8 Å². The summed E-state index contributed by atoms with van der Waals surface area (Å²) in [5.41, 5.74) is 6.23. The lowest BCUT2D eigenvalue weighted by Gasteiger charge is -2.57. The molecule has 1 aliphatic rings. The molecule has 1 aliphatic carbocycles.